The molecule has 0 saturated heterocycles. The number of hydrogen-bond donors (Lipinski definition) is 0. The minimum Gasteiger partial charge on any atom is -0.489 e. The number of nitrogens with zero attached hydrogens (tertiary/aromatic N) is 3. The van der Waals surface area contributed by atoms with Crippen LogP contribution in [0.25, 0.3) is 22.6 Å². The predicted octanol–water partition coefficient (Wildman–Crippen LogP) is 6.32. The lowest BCUT2D eigenvalue weighted by Crippen LogP contribution is -2.04. The van der Waals surface area contributed by atoms with E-state index in [0.29, 0.717) is 12.5 Å². The topological polar surface area (TPSA) is 53.1 Å². The van der Waals surface area contributed by atoms with Crippen LogP contribution < -0.4 is 0 Å². The van der Waals surface area contributed by atoms with Crippen molar-refractivity contribution in [1.82, 2.24) is 14.8 Å². The summed E-state index contributed by atoms with van der Waals surface area (Å²) in [4.78, 5) is 4.55. The van der Waals surface area contributed by atoms with Gasteiger partial charge in [-0.15, -0.1) is 0 Å². The van der Waals surface area contributed by atoms with E-state index < -0.39 is 0 Å². The van der Waals surface area contributed by atoms with Gasteiger partial charge in [0.25, 0.3) is 0 Å². The van der Waals surface area contributed by atoms with Gasteiger partial charge < -0.3 is 9.15 Å². The molecule has 5 heteroatoms. The molecule has 0 amide bonds. The number of aromatic nitrogens is 3. The standard InChI is InChI=1S/C25H25N3O2/c1-3-4-12-22(29-18-20-10-6-5-7-11-20)15-19(2)28-17-21(16-26-28)25-27-23-13-8-9-14-24(23)30-25/h4-17,19H,3,18H2,1-2H3/b12-4-,22-15+. The smallest absolute Gasteiger partial charge is 0.230 e. The minimum atomic E-state index is 0.00964. The molecule has 2 aromatic heterocycles. The van der Waals surface area contributed by atoms with Crippen molar-refractivity contribution < 1.29 is 9.15 Å². The maximum atomic E-state index is 6.06. The summed E-state index contributed by atoms with van der Waals surface area (Å²) in [6.07, 6.45) is 10.9. The van der Waals surface area contributed by atoms with Crippen molar-refractivity contribution in [2.45, 2.75) is 32.9 Å². The number of oxazole rings is 1. The fraction of sp³-hybridized carbons (Fsp3) is 0.200. The van der Waals surface area contributed by atoms with Crippen molar-refractivity contribution >= 4 is 11.1 Å². The molecule has 2 aromatic carbocycles. The van der Waals surface area contributed by atoms with E-state index in [0.717, 1.165) is 34.4 Å². The maximum absolute atomic E-state index is 6.06. The average molecular weight is 399 g/mol. The van der Waals surface area contributed by atoms with Gasteiger partial charge in [0, 0.05) is 6.20 Å². The van der Waals surface area contributed by atoms with E-state index in [9.17, 15) is 0 Å². The molecule has 0 spiro atoms. The van der Waals surface area contributed by atoms with Crippen molar-refractivity contribution in [1.29, 1.82) is 0 Å². The molecule has 2 heterocycles. The second-order valence-electron chi connectivity index (χ2n) is 7.09. The number of ether oxygens (including phenoxy) is 1. The highest BCUT2D eigenvalue weighted by molar-refractivity contribution is 5.75. The van der Waals surface area contributed by atoms with Crippen LogP contribution in [0, 0.1) is 0 Å². The fourth-order valence-corrected chi connectivity index (χ4v) is 3.11. The summed E-state index contributed by atoms with van der Waals surface area (Å²) in [5.74, 6) is 1.40. The molecule has 0 aliphatic rings. The summed E-state index contributed by atoms with van der Waals surface area (Å²) in [5, 5.41) is 4.51. The zero-order valence-corrected chi connectivity index (χ0v) is 17.2. The molecule has 4 rings (SSSR count). The zero-order chi connectivity index (χ0) is 20.8. The van der Waals surface area contributed by atoms with E-state index in [1.165, 1.54) is 0 Å². The van der Waals surface area contributed by atoms with Crippen LogP contribution >= 0.6 is 0 Å². The highest BCUT2D eigenvalue weighted by Crippen LogP contribution is 2.25. The molecule has 0 fully saturated rings. The van der Waals surface area contributed by atoms with Gasteiger partial charge >= 0.3 is 0 Å². The first-order chi connectivity index (χ1) is 14.7. The molecule has 5 nitrogen and oxygen atoms in total. The van der Waals surface area contributed by atoms with Gasteiger partial charge in [-0.2, -0.15) is 5.10 Å². The Hall–Kier alpha value is -3.60. The van der Waals surface area contributed by atoms with E-state index in [2.05, 4.69) is 48.2 Å². The molecule has 0 aliphatic heterocycles. The van der Waals surface area contributed by atoms with Gasteiger partial charge in [0.15, 0.2) is 5.58 Å². The van der Waals surface area contributed by atoms with Crippen molar-refractivity contribution in [3.8, 4) is 11.5 Å². The van der Waals surface area contributed by atoms with Gasteiger partial charge in [-0.05, 0) is 43.2 Å². The molecule has 0 N–H and O–H groups in total. The van der Waals surface area contributed by atoms with Crippen molar-refractivity contribution in [3.05, 3.63) is 96.5 Å². The number of para-hydroxylation sites is 2. The van der Waals surface area contributed by atoms with E-state index >= 15 is 0 Å². The summed E-state index contributed by atoms with van der Waals surface area (Å²) >= 11 is 0. The highest BCUT2D eigenvalue weighted by Gasteiger charge is 2.12. The van der Waals surface area contributed by atoms with E-state index in [1.807, 2.05) is 59.4 Å². The SMILES string of the molecule is CC/C=C\C(=C/C(C)n1cc(-c2nc3ccccc3o2)cn1)OCc1ccccc1. The van der Waals surface area contributed by atoms with Crippen molar-refractivity contribution in [2.24, 2.45) is 0 Å². The van der Waals surface area contributed by atoms with Gasteiger partial charge in [-0.1, -0.05) is 55.5 Å². The third-order valence-electron chi connectivity index (χ3n) is 4.73. The Labute approximate surface area is 176 Å². The Balaban J connectivity index is 1.51. The first kappa shape index (κ1) is 19.7. The third-order valence-corrected chi connectivity index (χ3v) is 4.73. The van der Waals surface area contributed by atoms with Crippen LogP contribution in [-0.2, 0) is 11.3 Å². The van der Waals surface area contributed by atoms with Crippen LogP contribution in [0.5, 0.6) is 0 Å². The number of hydrogen-bond acceptors (Lipinski definition) is 4. The Morgan fingerprint density at radius 2 is 1.93 bits per heavy atom. The normalized spacial score (nSPS) is 13.2. The van der Waals surface area contributed by atoms with Crippen molar-refractivity contribution in [3.63, 3.8) is 0 Å². The van der Waals surface area contributed by atoms with Gasteiger partial charge in [0.2, 0.25) is 5.89 Å². The van der Waals surface area contributed by atoms with Crippen LogP contribution in [0.2, 0.25) is 0 Å². The van der Waals surface area contributed by atoms with E-state index in [-0.39, 0.29) is 6.04 Å². The van der Waals surface area contributed by atoms with E-state index in [1.54, 1.807) is 6.20 Å². The fourth-order valence-electron chi connectivity index (χ4n) is 3.11. The van der Waals surface area contributed by atoms with Crippen LogP contribution in [0.3, 0.4) is 0 Å². The van der Waals surface area contributed by atoms with E-state index in [4.69, 9.17) is 9.15 Å². The minimum absolute atomic E-state index is 0.00964. The Bertz CT molecular complexity index is 1120. The second-order valence-corrected chi connectivity index (χ2v) is 7.09. The summed E-state index contributed by atoms with van der Waals surface area (Å²) in [7, 11) is 0. The Morgan fingerprint density at radius 1 is 1.13 bits per heavy atom. The summed E-state index contributed by atoms with van der Waals surface area (Å²) < 4.78 is 13.8. The van der Waals surface area contributed by atoms with Gasteiger partial charge in [0.05, 0.1) is 17.8 Å². The lowest BCUT2D eigenvalue weighted by atomic mass is 10.2. The third kappa shape index (κ3) is 4.69. The second kappa shape index (κ2) is 9.27. The molecule has 0 bridgehead atoms. The molecular formula is C25H25N3O2. The molecule has 0 radical (unpaired) electrons. The van der Waals surface area contributed by atoms with Crippen molar-refractivity contribution in [2.75, 3.05) is 0 Å². The molecule has 0 saturated carbocycles. The molecular weight excluding hydrogens is 374 g/mol. The first-order valence-electron chi connectivity index (χ1n) is 10.2. The zero-order valence-electron chi connectivity index (χ0n) is 17.2. The summed E-state index contributed by atoms with van der Waals surface area (Å²) in [5.41, 5.74) is 3.60. The Morgan fingerprint density at radius 3 is 2.73 bits per heavy atom. The number of rotatable bonds is 8. The number of allylic oxidation sites excluding steroid dienone is 3. The van der Waals surface area contributed by atoms with Gasteiger partial charge in [0.1, 0.15) is 17.9 Å². The summed E-state index contributed by atoms with van der Waals surface area (Å²) in [6.45, 7) is 4.71. The van der Waals surface area contributed by atoms with Crippen LogP contribution in [0.15, 0.2) is 95.4 Å². The first-order valence-corrected chi connectivity index (χ1v) is 10.2. The van der Waals surface area contributed by atoms with Gasteiger partial charge in [-0.3, -0.25) is 4.68 Å². The van der Waals surface area contributed by atoms with Gasteiger partial charge in [-0.25, -0.2) is 4.98 Å². The lowest BCUT2D eigenvalue weighted by molar-refractivity contribution is 0.208. The van der Waals surface area contributed by atoms with Crippen LogP contribution in [-0.4, -0.2) is 14.8 Å². The molecule has 1 unspecified atom stereocenters. The molecule has 1 atom stereocenters. The van der Waals surface area contributed by atoms with Crippen LogP contribution in [0.1, 0.15) is 31.9 Å². The average Bonchev–Trinajstić information content (AvgIpc) is 3.43. The largest absolute Gasteiger partial charge is 0.489 e. The Kier molecular flexibility index (Phi) is 6.09. The molecule has 152 valence electrons. The predicted molar refractivity (Wildman–Crippen MR) is 119 cm³/mol. The number of benzene rings is 2. The molecule has 0 aliphatic carbocycles. The highest BCUT2D eigenvalue weighted by atomic mass is 16.5. The molecule has 30 heavy (non-hydrogen) atoms. The summed E-state index contributed by atoms with van der Waals surface area (Å²) in [6, 6.07) is 17.9. The quantitative estimate of drug-likeness (QED) is 0.257. The monoisotopic (exact) mass is 399 g/mol. The number of fused-ring (bicyclic) bond motifs is 1. The lowest BCUT2D eigenvalue weighted by Gasteiger charge is -2.12. The maximum Gasteiger partial charge on any atom is 0.230 e. The van der Waals surface area contributed by atoms with Crippen LogP contribution in [0.4, 0.5) is 0 Å². The molecule has 4 aromatic rings.